The van der Waals surface area contributed by atoms with E-state index in [4.69, 9.17) is 0 Å². The van der Waals surface area contributed by atoms with Gasteiger partial charge in [-0.25, -0.2) is 4.39 Å². The van der Waals surface area contributed by atoms with Crippen LogP contribution in [0.3, 0.4) is 0 Å². The lowest BCUT2D eigenvalue weighted by Crippen LogP contribution is -2.46. The van der Waals surface area contributed by atoms with Crippen LogP contribution < -0.4 is 16.6 Å². The summed E-state index contributed by atoms with van der Waals surface area (Å²) in [5.74, 6) is 0.973. The Hall–Kier alpha value is -1.23. The molecule has 0 aromatic carbocycles. The highest BCUT2D eigenvalue weighted by atomic mass is 19.1. The summed E-state index contributed by atoms with van der Waals surface area (Å²) in [5, 5.41) is 0. The zero-order chi connectivity index (χ0) is 14.5. The first-order valence-electron chi connectivity index (χ1n) is 6.88. The summed E-state index contributed by atoms with van der Waals surface area (Å²) in [5.41, 5.74) is 12.1. The molecule has 110 valence electrons. The lowest BCUT2D eigenvalue weighted by Gasteiger charge is -2.36. The van der Waals surface area contributed by atoms with E-state index in [0.29, 0.717) is 13.0 Å². The monoisotopic (exact) mass is 270 g/mol. The minimum atomic E-state index is -0.695. The summed E-state index contributed by atoms with van der Waals surface area (Å²) in [6.45, 7) is 7.90. The van der Waals surface area contributed by atoms with Crippen molar-refractivity contribution in [1.29, 1.82) is 0 Å². The van der Waals surface area contributed by atoms with Crippen molar-refractivity contribution >= 4 is 0 Å². The maximum absolute atomic E-state index is 13.3. The number of nitrogens with two attached hydrogens (primary N) is 1. The maximum atomic E-state index is 13.3. The fourth-order valence-corrected chi connectivity index (χ4v) is 2.14. The first-order chi connectivity index (χ1) is 8.97. The van der Waals surface area contributed by atoms with Gasteiger partial charge >= 0.3 is 0 Å². The Morgan fingerprint density at radius 1 is 1.26 bits per heavy atom. The van der Waals surface area contributed by atoms with Gasteiger partial charge in [-0.2, -0.15) is 0 Å². The highest BCUT2D eigenvalue weighted by molar-refractivity contribution is 5.23. The Balaban J connectivity index is 0.000000861. The van der Waals surface area contributed by atoms with Crippen molar-refractivity contribution in [3.05, 3.63) is 23.7 Å². The summed E-state index contributed by atoms with van der Waals surface area (Å²) < 4.78 is 13.3. The number of nitrogens with zero attached hydrogens (tertiary/aromatic N) is 1. The van der Waals surface area contributed by atoms with Crippen molar-refractivity contribution in [3.63, 3.8) is 0 Å². The van der Waals surface area contributed by atoms with Gasteiger partial charge in [0.2, 0.25) is 0 Å². The van der Waals surface area contributed by atoms with Gasteiger partial charge in [0.15, 0.2) is 0 Å². The first-order valence-corrected chi connectivity index (χ1v) is 6.88. The predicted octanol–water partition coefficient (Wildman–Crippen LogP) is 1.87. The largest absolute Gasteiger partial charge is 0.354 e. The van der Waals surface area contributed by atoms with Gasteiger partial charge in [-0.3, -0.25) is 5.43 Å². The molecule has 0 aliphatic carbocycles. The van der Waals surface area contributed by atoms with E-state index >= 15 is 0 Å². The molecule has 0 radical (unpaired) electrons. The van der Waals surface area contributed by atoms with Crippen LogP contribution in [0.25, 0.3) is 0 Å². The molecule has 1 unspecified atom stereocenters. The predicted molar refractivity (Wildman–Crippen MR) is 77.7 cm³/mol. The summed E-state index contributed by atoms with van der Waals surface area (Å²) >= 11 is 0. The molecule has 5 heteroatoms. The van der Waals surface area contributed by atoms with Crippen molar-refractivity contribution in [2.75, 3.05) is 20.1 Å². The van der Waals surface area contributed by atoms with Gasteiger partial charge in [-0.1, -0.05) is 20.8 Å². The minimum Gasteiger partial charge on any atom is -0.354 e. The molecule has 0 bridgehead atoms. The van der Waals surface area contributed by atoms with Crippen molar-refractivity contribution < 1.29 is 4.39 Å². The van der Waals surface area contributed by atoms with Gasteiger partial charge < -0.3 is 16.1 Å². The molecule has 2 heterocycles. The van der Waals surface area contributed by atoms with Crippen molar-refractivity contribution in [2.45, 2.75) is 39.8 Å². The number of likely N-dealkylation sites (tertiary alicyclic amines) is 1. The van der Waals surface area contributed by atoms with Crippen LogP contribution in [0.4, 0.5) is 4.39 Å². The fraction of sp³-hybridized carbons (Fsp3) is 0.714. The molecule has 0 amide bonds. The van der Waals surface area contributed by atoms with E-state index in [1.165, 1.54) is 7.05 Å². The molecule has 4 N–H and O–H groups in total. The lowest BCUT2D eigenvalue weighted by atomic mass is 9.91. The van der Waals surface area contributed by atoms with Gasteiger partial charge in [0.05, 0.1) is 6.54 Å². The van der Waals surface area contributed by atoms with E-state index in [1.54, 1.807) is 0 Å². The van der Waals surface area contributed by atoms with Crippen LogP contribution in [0, 0.1) is 5.41 Å². The second-order valence-electron chi connectivity index (χ2n) is 5.82. The van der Waals surface area contributed by atoms with Gasteiger partial charge in [-0.05, 0) is 32.0 Å². The number of halogens is 1. The molecule has 0 aromatic rings. The lowest BCUT2D eigenvalue weighted by molar-refractivity contribution is 0.157. The smallest absolute Gasteiger partial charge is 0.120 e. The molecule has 1 atom stereocenters. The van der Waals surface area contributed by atoms with E-state index in [-0.39, 0.29) is 5.41 Å². The van der Waals surface area contributed by atoms with E-state index in [2.05, 4.69) is 48.3 Å². The van der Waals surface area contributed by atoms with Crippen LogP contribution in [0.1, 0.15) is 33.6 Å². The number of piperidine rings is 1. The SMILES string of the molecule is CC(C)(C)C1=CC=C(N2CCCC(F)C2)NN1.CN. The van der Waals surface area contributed by atoms with Gasteiger partial charge in [0.25, 0.3) is 0 Å². The molecule has 2 rings (SSSR count). The highest BCUT2D eigenvalue weighted by Crippen LogP contribution is 2.25. The number of allylic oxidation sites excluding steroid dienone is 3. The number of hydrazine groups is 1. The summed E-state index contributed by atoms with van der Waals surface area (Å²) in [6.07, 6.45) is 5.04. The fourth-order valence-electron chi connectivity index (χ4n) is 2.14. The van der Waals surface area contributed by atoms with Crippen molar-refractivity contribution in [1.82, 2.24) is 15.8 Å². The Labute approximate surface area is 115 Å². The molecule has 0 saturated carbocycles. The molecular weight excluding hydrogens is 243 g/mol. The Bertz CT molecular complexity index is 344. The first kappa shape index (κ1) is 15.8. The minimum absolute atomic E-state index is 0.0968. The van der Waals surface area contributed by atoms with Crippen LogP contribution in [-0.2, 0) is 0 Å². The van der Waals surface area contributed by atoms with Crippen LogP contribution in [0.15, 0.2) is 23.7 Å². The second kappa shape index (κ2) is 6.80. The number of hydrogen-bond donors (Lipinski definition) is 3. The highest BCUT2D eigenvalue weighted by Gasteiger charge is 2.24. The molecule has 0 spiro atoms. The summed E-state index contributed by atoms with van der Waals surface area (Å²) in [4.78, 5) is 2.07. The average Bonchev–Trinajstić information content (AvgIpc) is 2.40. The average molecular weight is 270 g/mol. The third-order valence-corrected chi connectivity index (χ3v) is 3.25. The van der Waals surface area contributed by atoms with Gasteiger partial charge in [0, 0.05) is 17.7 Å². The van der Waals surface area contributed by atoms with E-state index in [1.807, 2.05) is 6.08 Å². The van der Waals surface area contributed by atoms with E-state index < -0.39 is 6.17 Å². The topological polar surface area (TPSA) is 53.3 Å². The van der Waals surface area contributed by atoms with E-state index in [9.17, 15) is 4.39 Å². The van der Waals surface area contributed by atoms with Crippen molar-refractivity contribution in [3.8, 4) is 0 Å². The molecule has 2 aliphatic heterocycles. The molecule has 1 saturated heterocycles. The van der Waals surface area contributed by atoms with Crippen LogP contribution >= 0.6 is 0 Å². The molecular formula is C14H27FN4. The number of alkyl halides is 1. The summed E-state index contributed by atoms with van der Waals surface area (Å²) in [6, 6.07) is 0. The third kappa shape index (κ3) is 4.42. The molecule has 0 aromatic heterocycles. The Morgan fingerprint density at radius 3 is 2.42 bits per heavy atom. The normalized spacial score (nSPS) is 23.3. The molecule has 19 heavy (non-hydrogen) atoms. The van der Waals surface area contributed by atoms with E-state index in [0.717, 1.165) is 24.5 Å². The van der Waals surface area contributed by atoms with Crippen LogP contribution in [0.2, 0.25) is 0 Å². The van der Waals surface area contributed by atoms with Gasteiger partial charge in [0.1, 0.15) is 12.0 Å². The number of nitrogens with one attached hydrogen (secondary N) is 2. The summed E-state index contributed by atoms with van der Waals surface area (Å²) in [7, 11) is 1.50. The number of rotatable bonds is 1. The molecule has 2 aliphatic rings. The maximum Gasteiger partial charge on any atom is 0.120 e. The Morgan fingerprint density at radius 2 is 1.95 bits per heavy atom. The van der Waals surface area contributed by atoms with Crippen molar-refractivity contribution in [2.24, 2.45) is 11.1 Å². The van der Waals surface area contributed by atoms with Crippen LogP contribution in [-0.4, -0.2) is 31.2 Å². The molecule has 1 fully saturated rings. The number of hydrogen-bond acceptors (Lipinski definition) is 4. The van der Waals surface area contributed by atoms with Crippen LogP contribution in [0.5, 0.6) is 0 Å². The zero-order valence-corrected chi connectivity index (χ0v) is 12.5. The standard InChI is InChI=1S/C13H22FN3.CH5N/c1-13(2,3)11-6-7-12(16-15-11)17-8-4-5-10(14)9-17;1-2/h6-7,10,15-16H,4-5,8-9H2,1-3H3;2H2,1H3. The zero-order valence-electron chi connectivity index (χ0n) is 12.5. The quantitative estimate of drug-likeness (QED) is 0.681. The van der Waals surface area contributed by atoms with Gasteiger partial charge in [-0.15, -0.1) is 0 Å². The Kier molecular flexibility index (Phi) is 5.66. The second-order valence-corrected chi connectivity index (χ2v) is 5.82. The molecule has 4 nitrogen and oxygen atoms in total. The third-order valence-electron chi connectivity index (χ3n) is 3.25.